The fourth-order valence-corrected chi connectivity index (χ4v) is 2.38. The van der Waals surface area contributed by atoms with Crippen LogP contribution in [0.2, 0.25) is 5.02 Å². The number of hydrogen-bond donors (Lipinski definition) is 3. The van der Waals surface area contributed by atoms with Gasteiger partial charge in [0.25, 0.3) is 5.91 Å². The number of nitrogens with one attached hydrogen (secondary N) is 2. The number of aromatic nitrogens is 2. The number of anilines is 1. The summed E-state index contributed by atoms with van der Waals surface area (Å²) >= 11 is 5.92. The predicted octanol–water partition coefficient (Wildman–Crippen LogP) is 1.27. The normalized spacial score (nSPS) is 11.3. The minimum Gasteiger partial charge on any atom is -0.321 e. The summed E-state index contributed by atoms with van der Waals surface area (Å²) in [6, 6.07) is 3.81. The van der Waals surface area contributed by atoms with Crippen LogP contribution in [0.25, 0.3) is 0 Å². The smallest absolute Gasteiger partial charge is 0.259 e. The Morgan fingerprint density at radius 2 is 2.15 bits per heavy atom. The maximum absolute atomic E-state index is 12.0. The van der Waals surface area contributed by atoms with Crippen LogP contribution in [0.1, 0.15) is 16.1 Å². The zero-order valence-corrected chi connectivity index (χ0v) is 11.9. The lowest BCUT2D eigenvalue weighted by Gasteiger charge is -2.08. The summed E-state index contributed by atoms with van der Waals surface area (Å²) < 4.78 is 22.3. The first-order chi connectivity index (χ1) is 9.29. The monoisotopic (exact) mass is 314 g/mol. The van der Waals surface area contributed by atoms with Gasteiger partial charge in [-0.2, -0.15) is 5.10 Å². The summed E-state index contributed by atoms with van der Waals surface area (Å²) in [5, 5.41) is 14.0. The van der Waals surface area contributed by atoms with Crippen LogP contribution in [-0.2, 0) is 10.0 Å². The second kappa shape index (κ2) is 5.23. The zero-order valence-electron chi connectivity index (χ0n) is 10.3. The Kier molecular flexibility index (Phi) is 3.80. The molecule has 0 aliphatic rings. The molecule has 2 rings (SSSR count). The van der Waals surface area contributed by atoms with Crippen LogP contribution in [-0.4, -0.2) is 24.5 Å². The van der Waals surface area contributed by atoms with E-state index in [4.69, 9.17) is 16.7 Å². The number of amides is 1. The third kappa shape index (κ3) is 2.98. The zero-order chi connectivity index (χ0) is 14.9. The van der Waals surface area contributed by atoms with Gasteiger partial charge >= 0.3 is 0 Å². The number of carbonyl (C=O) groups is 1. The molecular weight excluding hydrogens is 304 g/mol. The molecule has 0 fully saturated rings. The van der Waals surface area contributed by atoms with Gasteiger partial charge in [0.2, 0.25) is 10.0 Å². The van der Waals surface area contributed by atoms with E-state index in [1.54, 1.807) is 6.92 Å². The Hall–Kier alpha value is -1.90. The maximum Gasteiger partial charge on any atom is 0.259 e. The molecule has 7 nitrogen and oxygen atoms in total. The van der Waals surface area contributed by atoms with Gasteiger partial charge < -0.3 is 5.32 Å². The minimum absolute atomic E-state index is 0.0750. The van der Waals surface area contributed by atoms with Crippen molar-refractivity contribution in [3.63, 3.8) is 0 Å². The molecule has 0 spiro atoms. The standard InChI is InChI=1S/C11H11ClN4O3S/c1-6-8(5-14-16-6)11(17)15-10-3-2-7(4-9(10)12)20(13,18)19/h2-5H,1H3,(H,14,16)(H,15,17)(H2,13,18,19). The van der Waals surface area contributed by atoms with Crippen molar-refractivity contribution in [3.8, 4) is 0 Å². The van der Waals surface area contributed by atoms with E-state index in [9.17, 15) is 13.2 Å². The second-order valence-electron chi connectivity index (χ2n) is 4.05. The fourth-order valence-electron chi connectivity index (χ4n) is 1.54. The average Bonchev–Trinajstić information content (AvgIpc) is 2.76. The lowest BCUT2D eigenvalue weighted by molar-refractivity contribution is 0.102. The van der Waals surface area contributed by atoms with Crippen molar-refractivity contribution in [2.24, 2.45) is 5.14 Å². The van der Waals surface area contributed by atoms with Crippen molar-refractivity contribution in [2.75, 3.05) is 5.32 Å². The number of sulfonamides is 1. The van der Waals surface area contributed by atoms with Crippen LogP contribution in [0.5, 0.6) is 0 Å². The van der Waals surface area contributed by atoms with Crippen molar-refractivity contribution in [1.82, 2.24) is 10.2 Å². The number of rotatable bonds is 3. The lowest BCUT2D eigenvalue weighted by Crippen LogP contribution is -2.14. The van der Waals surface area contributed by atoms with E-state index in [1.165, 1.54) is 24.4 Å². The largest absolute Gasteiger partial charge is 0.321 e. The molecule has 0 atom stereocenters. The van der Waals surface area contributed by atoms with Crippen LogP contribution in [0.3, 0.4) is 0 Å². The maximum atomic E-state index is 12.0. The number of halogens is 1. The van der Waals surface area contributed by atoms with Gasteiger partial charge in [-0.1, -0.05) is 11.6 Å². The number of hydrogen-bond acceptors (Lipinski definition) is 4. The molecule has 0 radical (unpaired) electrons. The van der Waals surface area contributed by atoms with E-state index < -0.39 is 15.9 Å². The highest BCUT2D eigenvalue weighted by molar-refractivity contribution is 7.89. The summed E-state index contributed by atoms with van der Waals surface area (Å²) in [6.07, 6.45) is 1.39. The summed E-state index contributed by atoms with van der Waals surface area (Å²) in [7, 11) is -3.83. The first kappa shape index (κ1) is 14.5. The summed E-state index contributed by atoms with van der Waals surface area (Å²) in [4.78, 5) is 11.8. The molecule has 1 amide bonds. The topological polar surface area (TPSA) is 118 Å². The van der Waals surface area contributed by atoms with Crippen LogP contribution < -0.4 is 10.5 Å². The highest BCUT2D eigenvalue weighted by Gasteiger charge is 2.15. The van der Waals surface area contributed by atoms with Gasteiger partial charge in [0, 0.05) is 5.69 Å². The molecule has 1 aromatic heterocycles. The number of nitrogens with zero attached hydrogens (tertiary/aromatic N) is 1. The molecule has 2 aromatic rings. The first-order valence-corrected chi connectivity index (χ1v) is 7.35. The molecule has 1 heterocycles. The molecule has 1 aromatic carbocycles. The third-order valence-electron chi connectivity index (χ3n) is 2.59. The number of nitrogens with two attached hydrogens (primary N) is 1. The van der Waals surface area contributed by atoms with Crippen molar-refractivity contribution < 1.29 is 13.2 Å². The van der Waals surface area contributed by atoms with E-state index in [0.29, 0.717) is 11.3 Å². The quantitative estimate of drug-likeness (QED) is 0.790. The van der Waals surface area contributed by atoms with E-state index in [0.717, 1.165) is 0 Å². The molecule has 0 aliphatic carbocycles. The summed E-state index contributed by atoms with van der Waals surface area (Å²) in [5.74, 6) is -0.401. The molecule has 9 heteroatoms. The average molecular weight is 315 g/mol. The van der Waals surface area contributed by atoms with Gasteiger partial charge in [0.15, 0.2) is 0 Å². The molecule has 20 heavy (non-hydrogen) atoms. The SMILES string of the molecule is Cc1[nH]ncc1C(=O)Nc1ccc(S(N)(=O)=O)cc1Cl. The molecule has 4 N–H and O–H groups in total. The molecule has 0 aliphatic heterocycles. The first-order valence-electron chi connectivity index (χ1n) is 5.42. The number of benzene rings is 1. The molecule has 0 bridgehead atoms. The van der Waals surface area contributed by atoms with E-state index in [1.807, 2.05) is 0 Å². The Bertz CT molecular complexity index is 770. The molecule has 0 saturated heterocycles. The third-order valence-corrected chi connectivity index (χ3v) is 3.82. The summed E-state index contributed by atoms with van der Waals surface area (Å²) in [6.45, 7) is 1.70. The lowest BCUT2D eigenvalue weighted by atomic mass is 10.2. The van der Waals surface area contributed by atoms with Gasteiger partial charge in [-0.25, -0.2) is 13.6 Å². The number of carbonyl (C=O) groups excluding carboxylic acids is 1. The molecule has 0 unspecified atom stereocenters. The number of H-pyrrole nitrogens is 1. The van der Waals surface area contributed by atoms with Crippen LogP contribution in [0.15, 0.2) is 29.3 Å². The highest BCUT2D eigenvalue weighted by Crippen LogP contribution is 2.25. The number of aromatic amines is 1. The van der Waals surface area contributed by atoms with Crippen LogP contribution in [0, 0.1) is 6.92 Å². The Labute approximate surface area is 120 Å². The Morgan fingerprint density at radius 1 is 1.45 bits per heavy atom. The highest BCUT2D eigenvalue weighted by atomic mass is 35.5. The van der Waals surface area contributed by atoms with Crippen molar-refractivity contribution in [1.29, 1.82) is 0 Å². The second-order valence-corrected chi connectivity index (χ2v) is 6.02. The van der Waals surface area contributed by atoms with Crippen molar-refractivity contribution in [3.05, 3.63) is 40.7 Å². The van der Waals surface area contributed by atoms with Crippen LogP contribution >= 0.6 is 11.6 Å². The van der Waals surface area contributed by atoms with Gasteiger partial charge in [-0.05, 0) is 25.1 Å². The van der Waals surface area contributed by atoms with Gasteiger partial charge in [0.1, 0.15) is 0 Å². The molecule has 106 valence electrons. The molecular formula is C11H11ClN4O3S. The Morgan fingerprint density at radius 3 is 2.65 bits per heavy atom. The van der Waals surface area contributed by atoms with Gasteiger partial charge in [-0.15, -0.1) is 0 Å². The number of primary sulfonamides is 1. The predicted molar refractivity (Wildman–Crippen MR) is 74.1 cm³/mol. The van der Waals surface area contributed by atoms with E-state index in [-0.39, 0.29) is 15.6 Å². The summed E-state index contributed by atoms with van der Waals surface area (Å²) in [5.41, 5.74) is 1.26. The van der Waals surface area contributed by atoms with Crippen molar-refractivity contribution >= 4 is 33.2 Å². The fraction of sp³-hybridized carbons (Fsp3) is 0.0909. The van der Waals surface area contributed by atoms with Crippen LogP contribution in [0.4, 0.5) is 5.69 Å². The Balaban J connectivity index is 2.27. The van der Waals surface area contributed by atoms with Crippen molar-refractivity contribution in [2.45, 2.75) is 11.8 Å². The minimum atomic E-state index is -3.83. The number of aryl methyl sites for hydroxylation is 1. The van der Waals surface area contributed by atoms with E-state index >= 15 is 0 Å². The molecule has 0 saturated carbocycles. The van der Waals surface area contributed by atoms with E-state index in [2.05, 4.69) is 15.5 Å². The van der Waals surface area contributed by atoms with Gasteiger partial charge in [0.05, 0.1) is 27.4 Å². The van der Waals surface area contributed by atoms with Gasteiger partial charge in [-0.3, -0.25) is 9.89 Å².